The van der Waals surface area contributed by atoms with Crippen molar-refractivity contribution in [2.75, 3.05) is 39.0 Å². The molecule has 0 radical (unpaired) electrons. The minimum absolute atomic E-state index is 0.0215. The largest absolute Gasteiger partial charge is 0.494 e. The molecule has 0 bridgehead atoms. The maximum absolute atomic E-state index is 13.9. The molecule has 2 fully saturated rings. The van der Waals surface area contributed by atoms with Gasteiger partial charge >= 0.3 is 6.09 Å². The van der Waals surface area contributed by atoms with E-state index in [0.29, 0.717) is 32.6 Å². The summed E-state index contributed by atoms with van der Waals surface area (Å²) in [5, 5.41) is 11.5. The Morgan fingerprint density at radius 1 is 1.09 bits per heavy atom. The zero-order valence-corrected chi connectivity index (χ0v) is 27.1. The molecule has 1 aromatic heterocycles. The number of nitrogen functional groups attached to an aromatic ring is 1. The van der Waals surface area contributed by atoms with Crippen molar-refractivity contribution in [3.8, 4) is 17.4 Å². The van der Waals surface area contributed by atoms with Gasteiger partial charge in [0.25, 0.3) is 5.56 Å². The third-order valence-corrected chi connectivity index (χ3v) is 8.65. The van der Waals surface area contributed by atoms with Crippen LogP contribution in [0.2, 0.25) is 0 Å². The SMILES string of the molecule is COc1cc(Oc2ncn(CC3(O)CCN(C(=O)[C@@H]4CCN(C(=O)OC(C)(C)C)C[C@H]4c4ccccc4)CC3)c(=O)c2N)ccc1F. The number of anilines is 1. The summed E-state index contributed by atoms with van der Waals surface area (Å²) in [6.45, 7) is 6.77. The number of hydrogen-bond acceptors (Lipinski definition) is 9. The molecule has 2 aromatic carbocycles. The molecule has 3 aromatic rings. The molecular formula is C34H42FN5O7. The van der Waals surface area contributed by atoms with Gasteiger partial charge in [0.05, 0.1) is 19.3 Å². The number of likely N-dealkylation sites (tertiary alicyclic amines) is 2. The molecule has 0 unspecified atom stereocenters. The molecule has 3 heterocycles. The summed E-state index contributed by atoms with van der Waals surface area (Å²) in [5.74, 6) is -1.16. The molecule has 3 N–H and O–H groups in total. The molecule has 0 spiro atoms. The summed E-state index contributed by atoms with van der Waals surface area (Å²) < 4.78 is 31.2. The summed E-state index contributed by atoms with van der Waals surface area (Å²) in [6.07, 6.45) is 1.81. The lowest BCUT2D eigenvalue weighted by Crippen LogP contribution is -2.53. The van der Waals surface area contributed by atoms with E-state index in [0.717, 1.165) is 11.6 Å². The number of rotatable bonds is 7. The fourth-order valence-electron chi connectivity index (χ4n) is 6.13. The highest BCUT2D eigenvalue weighted by Gasteiger charge is 2.42. The van der Waals surface area contributed by atoms with Gasteiger partial charge in [-0.1, -0.05) is 30.3 Å². The van der Waals surface area contributed by atoms with E-state index in [4.69, 9.17) is 19.9 Å². The van der Waals surface area contributed by atoms with Gasteiger partial charge in [0.2, 0.25) is 11.8 Å². The molecule has 252 valence electrons. The van der Waals surface area contributed by atoms with Crippen molar-refractivity contribution in [1.82, 2.24) is 19.4 Å². The van der Waals surface area contributed by atoms with Crippen LogP contribution in [0, 0.1) is 11.7 Å². The van der Waals surface area contributed by atoms with Gasteiger partial charge in [-0.05, 0) is 57.7 Å². The van der Waals surface area contributed by atoms with Crippen LogP contribution in [0.1, 0.15) is 51.5 Å². The number of carbonyl (C=O) groups excluding carboxylic acids is 2. The number of nitrogens with zero attached hydrogens (tertiary/aromatic N) is 4. The number of nitrogens with two attached hydrogens (primary N) is 1. The number of ether oxygens (including phenoxy) is 3. The Hall–Kier alpha value is -4.65. The number of methoxy groups -OCH3 is 1. The first-order valence-electron chi connectivity index (χ1n) is 15.7. The number of halogens is 1. The van der Waals surface area contributed by atoms with Crippen molar-refractivity contribution < 1.29 is 33.3 Å². The van der Waals surface area contributed by atoms with Gasteiger partial charge in [0, 0.05) is 44.1 Å². The van der Waals surface area contributed by atoms with Gasteiger partial charge in [-0.25, -0.2) is 14.2 Å². The van der Waals surface area contributed by atoms with E-state index in [1.54, 1.807) is 9.80 Å². The monoisotopic (exact) mass is 651 g/mol. The molecule has 0 saturated carbocycles. The number of aliphatic hydroxyl groups is 1. The molecule has 13 heteroatoms. The second-order valence-corrected chi connectivity index (χ2v) is 13.2. The maximum atomic E-state index is 13.9. The van der Waals surface area contributed by atoms with E-state index in [-0.39, 0.29) is 60.2 Å². The molecule has 2 saturated heterocycles. The molecule has 12 nitrogen and oxygen atoms in total. The third-order valence-electron chi connectivity index (χ3n) is 8.65. The van der Waals surface area contributed by atoms with E-state index >= 15 is 0 Å². The quantitative estimate of drug-likeness (QED) is 0.384. The molecule has 2 atom stereocenters. The molecular weight excluding hydrogens is 609 g/mol. The fourth-order valence-corrected chi connectivity index (χ4v) is 6.13. The zero-order chi connectivity index (χ0) is 33.9. The Balaban J connectivity index is 1.24. The van der Waals surface area contributed by atoms with E-state index < -0.39 is 28.7 Å². The van der Waals surface area contributed by atoms with E-state index in [9.17, 15) is 23.9 Å². The van der Waals surface area contributed by atoms with Crippen LogP contribution in [0.25, 0.3) is 0 Å². The van der Waals surface area contributed by atoms with E-state index in [2.05, 4.69) is 4.98 Å². The first-order valence-corrected chi connectivity index (χ1v) is 15.7. The third kappa shape index (κ3) is 7.84. The van der Waals surface area contributed by atoms with Crippen LogP contribution in [0.15, 0.2) is 59.7 Å². The zero-order valence-electron chi connectivity index (χ0n) is 27.1. The molecule has 2 aliphatic rings. The van der Waals surface area contributed by atoms with Crippen LogP contribution in [-0.4, -0.2) is 80.9 Å². The van der Waals surface area contributed by atoms with Crippen molar-refractivity contribution in [3.63, 3.8) is 0 Å². The molecule has 0 aliphatic carbocycles. The van der Waals surface area contributed by atoms with Crippen molar-refractivity contribution in [2.45, 2.75) is 63.7 Å². The Morgan fingerprint density at radius 3 is 2.45 bits per heavy atom. The van der Waals surface area contributed by atoms with Crippen LogP contribution in [0.4, 0.5) is 14.9 Å². The van der Waals surface area contributed by atoms with Crippen molar-refractivity contribution >= 4 is 17.7 Å². The van der Waals surface area contributed by atoms with Crippen LogP contribution < -0.4 is 20.8 Å². The highest BCUT2D eigenvalue weighted by atomic mass is 19.1. The van der Waals surface area contributed by atoms with Gasteiger partial charge in [-0.3, -0.25) is 14.2 Å². The van der Waals surface area contributed by atoms with Gasteiger partial charge < -0.3 is 34.9 Å². The molecule has 5 rings (SSSR count). The Kier molecular flexibility index (Phi) is 9.76. The van der Waals surface area contributed by atoms with Crippen LogP contribution in [-0.2, 0) is 16.1 Å². The minimum Gasteiger partial charge on any atom is -0.494 e. The summed E-state index contributed by atoms with van der Waals surface area (Å²) >= 11 is 0. The Bertz CT molecular complexity index is 1650. The fraction of sp³-hybridized carbons (Fsp3) is 0.471. The summed E-state index contributed by atoms with van der Waals surface area (Å²) in [4.78, 5) is 47.5. The van der Waals surface area contributed by atoms with Crippen molar-refractivity contribution in [1.29, 1.82) is 0 Å². The predicted molar refractivity (Wildman–Crippen MR) is 172 cm³/mol. The molecule has 2 amide bonds. The minimum atomic E-state index is -1.28. The van der Waals surface area contributed by atoms with Gasteiger partial charge in [-0.2, -0.15) is 0 Å². The van der Waals surface area contributed by atoms with Crippen LogP contribution >= 0.6 is 0 Å². The van der Waals surface area contributed by atoms with E-state index in [1.165, 1.54) is 30.1 Å². The molecule has 47 heavy (non-hydrogen) atoms. The van der Waals surface area contributed by atoms with Crippen LogP contribution in [0.5, 0.6) is 17.4 Å². The normalized spacial score (nSPS) is 19.6. The Morgan fingerprint density at radius 2 is 1.79 bits per heavy atom. The lowest BCUT2D eigenvalue weighted by Gasteiger charge is -2.43. The number of amides is 2. The van der Waals surface area contributed by atoms with Gasteiger partial charge in [0.15, 0.2) is 17.3 Å². The first kappa shape index (κ1) is 33.7. The number of carbonyl (C=O) groups is 2. The standard InChI is InChI=1S/C34H42FN5O7/c1-33(2,3)47-32(43)39-15-12-24(25(19-39)22-8-6-5-7-9-22)30(41)38-16-13-34(44,14-17-38)20-40-21-37-29(28(36)31(40)42)46-23-10-11-26(35)27(18-23)45-4/h5-11,18,21,24-25,44H,12-17,19-20,36H2,1-4H3/t24-,25+/m1/s1. The first-order chi connectivity index (χ1) is 22.3. The second-order valence-electron chi connectivity index (χ2n) is 13.2. The smallest absolute Gasteiger partial charge is 0.410 e. The average Bonchev–Trinajstić information content (AvgIpc) is 3.04. The predicted octanol–water partition coefficient (Wildman–Crippen LogP) is 4.16. The topological polar surface area (TPSA) is 149 Å². The maximum Gasteiger partial charge on any atom is 0.410 e. The Labute approximate surface area is 272 Å². The van der Waals surface area contributed by atoms with Gasteiger partial charge in [-0.15, -0.1) is 0 Å². The summed E-state index contributed by atoms with van der Waals surface area (Å²) in [5.41, 5.74) is 4.26. The number of benzene rings is 2. The lowest BCUT2D eigenvalue weighted by molar-refractivity contribution is -0.142. The van der Waals surface area contributed by atoms with Crippen molar-refractivity contribution in [2.24, 2.45) is 5.92 Å². The summed E-state index contributed by atoms with van der Waals surface area (Å²) in [7, 11) is 1.32. The van der Waals surface area contributed by atoms with Crippen molar-refractivity contribution in [3.05, 3.63) is 76.6 Å². The average molecular weight is 652 g/mol. The summed E-state index contributed by atoms with van der Waals surface area (Å²) in [6, 6.07) is 13.5. The second kappa shape index (κ2) is 13.6. The highest BCUT2D eigenvalue weighted by molar-refractivity contribution is 5.81. The highest BCUT2D eigenvalue weighted by Crippen LogP contribution is 2.36. The lowest BCUT2D eigenvalue weighted by atomic mass is 9.79. The number of piperidine rings is 2. The van der Waals surface area contributed by atoms with Gasteiger partial charge in [0.1, 0.15) is 17.7 Å². The van der Waals surface area contributed by atoms with E-state index in [1.807, 2.05) is 51.1 Å². The number of hydrogen-bond donors (Lipinski definition) is 2. The van der Waals surface area contributed by atoms with Crippen LogP contribution in [0.3, 0.4) is 0 Å². The molecule has 2 aliphatic heterocycles. The number of aromatic nitrogens is 2.